The molecule has 1 rings (SSSR count). The molecule has 1 aromatic rings. The van der Waals surface area contributed by atoms with Gasteiger partial charge in [-0.2, -0.15) is 0 Å². The average Bonchev–Trinajstić information content (AvgIpc) is 2.04. The maximum Gasteiger partial charge on any atom is 0.307 e. The predicted octanol–water partition coefficient (Wildman–Crippen LogP) is 2.20. The van der Waals surface area contributed by atoms with E-state index in [1.54, 1.807) is 0 Å². The number of benzene rings is 1. The summed E-state index contributed by atoms with van der Waals surface area (Å²) in [5.74, 6) is -0.809. The average molecular weight is 181 g/mol. The van der Waals surface area contributed by atoms with E-state index >= 15 is 0 Å². The summed E-state index contributed by atoms with van der Waals surface area (Å²) in [5.41, 5.74) is 0.824. The third-order valence-corrected chi connectivity index (χ3v) is 2.18. The van der Waals surface area contributed by atoms with Gasteiger partial charge in [0.15, 0.2) is 0 Å². The molecule has 0 aromatic heterocycles. The second-order valence-corrected chi connectivity index (χ2v) is 3.05. The quantitative estimate of drug-likeness (QED) is 0.726. The first-order valence-electron chi connectivity index (χ1n) is 3.45. The van der Waals surface area contributed by atoms with Crippen molar-refractivity contribution in [2.24, 2.45) is 0 Å². The lowest BCUT2D eigenvalue weighted by Crippen LogP contribution is -2.00. The number of hydrogen-bond acceptors (Lipinski definition) is 2. The molecule has 12 heavy (non-hydrogen) atoms. The van der Waals surface area contributed by atoms with Crippen LogP contribution in [0.25, 0.3) is 0 Å². The van der Waals surface area contributed by atoms with Gasteiger partial charge in [0, 0.05) is 11.2 Å². The van der Waals surface area contributed by atoms with Crippen molar-refractivity contribution in [3.8, 4) is 0 Å². The first kappa shape index (κ1) is 9.13. The Morgan fingerprint density at radius 2 is 2.17 bits per heavy atom. The number of aliphatic carboxylic acids is 1. The Bertz CT molecular complexity index is 284. The molecule has 0 unspecified atom stereocenters. The number of carbonyl (C=O) groups is 1. The molecule has 0 bridgehead atoms. The maximum absolute atomic E-state index is 10.4. The highest BCUT2D eigenvalue weighted by atomic mass is 32.2. The summed E-state index contributed by atoms with van der Waals surface area (Å²) in [6.07, 6.45) is 3.72. The van der Waals surface area contributed by atoms with Gasteiger partial charge in [-0.1, -0.05) is 18.2 Å². The van der Waals surface area contributed by atoms with E-state index < -0.39 is 5.97 Å². The van der Waals surface area contributed by atoms with Crippen LogP contribution in [0.1, 0.15) is 5.56 Å². The fourth-order valence-electron chi connectivity index (χ4n) is 0.954. The number of hydrogen-bond donors (Lipinski definition) is 1. The van der Waals surface area contributed by atoms with Crippen molar-refractivity contribution in [2.45, 2.75) is 11.3 Å². The van der Waals surface area contributed by atoms with Crippen molar-refractivity contribution in [2.75, 3.05) is 0 Å². The molecule has 0 amide bonds. The fraction of sp³-hybridized carbons (Fsp3) is 0.111. The molecule has 2 nitrogen and oxygen atoms in total. The van der Waals surface area contributed by atoms with E-state index in [9.17, 15) is 4.79 Å². The molecular weight excluding hydrogens is 172 g/mol. The zero-order valence-electron chi connectivity index (χ0n) is 6.49. The lowest BCUT2D eigenvalue weighted by atomic mass is 10.1. The van der Waals surface area contributed by atoms with Crippen LogP contribution in [0.2, 0.25) is 0 Å². The van der Waals surface area contributed by atoms with Gasteiger partial charge in [-0.05, 0) is 11.6 Å². The number of thioether (sulfide) groups is 1. The summed E-state index contributed by atoms with van der Waals surface area (Å²) in [5, 5.41) is 8.56. The van der Waals surface area contributed by atoms with Gasteiger partial charge in [0.1, 0.15) is 0 Å². The van der Waals surface area contributed by atoms with E-state index in [0.717, 1.165) is 10.5 Å². The molecule has 0 aliphatic rings. The minimum atomic E-state index is -0.809. The summed E-state index contributed by atoms with van der Waals surface area (Å²) < 4.78 is 0. The summed E-state index contributed by atoms with van der Waals surface area (Å²) in [4.78, 5) is 11.3. The molecule has 0 atom stereocenters. The molecule has 1 aromatic carbocycles. The zero-order valence-corrected chi connectivity index (χ0v) is 7.30. The van der Waals surface area contributed by atoms with E-state index in [4.69, 9.17) is 5.11 Å². The van der Waals surface area contributed by atoms with E-state index in [0.29, 0.717) is 0 Å². The molecule has 0 fully saturated rings. The molecule has 0 spiro atoms. The second-order valence-electron chi connectivity index (χ2n) is 2.32. The van der Waals surface area contributed by atoms with E-state index in [-0.39, 0.29) is 6.42 Å². The van der Waals surface area contributed by atoms with Crippen molar-refractivity contribution >= 4 is 17.7 Å². The number of rotatable bonds is 3. The van der Waals surface area contributed by atoms with Gasteiger partial charge >= 0.3 is 5.97 Å². The Morgan fingerprint density at radius 3 is 2.75 bits per heavy atom. The van der Waals surface area contributed by atoms with Crippen molar-refractivity contribution < 1.29 is 9.90 Å². The minimum Gasteiger partial charge on any atom is -0.481 e. The van der Waals surface area contributed by atoms with Crippen LogP contribution in [0, 0.1) is 6.26 Å². The maximum atomic E-state index is 10.4. The van der Waals surface area contributed by atoms with Crippen LogP contribution < -0.4 is 0 Å². The van der Waals surface area contributed by atoms with Gasteiger partial charge in [-0.25, -0.2) is 0 Å². The highest BCUT2D eigenvalue weighted by molar-refractivity contribution is 8.00. The van der Waals surface area contributed by atoms with Crippen molar-refractivity contribution in [3.05, 3.63) is 36.1 Å². The fourth-order valence-corrected chi connectivity index (χ4v) is 1.45. The van der Waals surface area contributed by atoms with Gasteiger partial charge in [0.25, 0.3) is 0 Å². The van der Waals surface area contributed by atoms with E-state index in [2.05, 4.69) is 6.26 Å². The summed E-state index contributed by atoms with van der Waals surface area (Å²) >= 11 is 1.32. The SMILES string of the molecule is [CH2]Sc1ccccc1CC(=O)O. The lowest BCUT2D eigenvalue weighted by molar-refractivity contribution is -0.136. The second kappa shape index (κ2) is 4.16. The smallest absolute Gasteiger partial charge is 0.307 e. The molecule has 0 saturated carbocycles. The van der Waals surface area contributed by atoms with Crippen LogP contribution >= 0.6 is 11.8 Å². The summed E-state index contributed by atoms with van der Waals surface area (Å²) in [6, 6.07) is 7.38. The topological polar surface area (TPSA) is 37.3 Å². The Morgan fingerprint density at radius 1 is 1.50 bits per heavy atom. The normalized spacial score (nSPS) is 9.75. The summed E-state index contributed by atoms with van der Waals surface area (Å²) in [6.45, 7) is 0. The molecule has 3 heteroatoms. The molecule has 1 radical (unpaired) electrons. The first-order valence-corrected chi connectivity index (χ1v) is 4.44. The summed E-state index contributed by atoms with van der Waals surface area (Å²) in [7, 11) is 0. The standard InChI is InChI=1S/C9H9O2S/c1-12-8-5-3-2-4-7(8)6-9(10)11/h2-5H,1,6H2,(H,10,11). The van der Waals surface area contributed by atoms with Crippen molar-refractivity contribution in [3.63, 3.8) is 0 Å². The van der Waals surface area contributed by atoms with E-state index in [1.807, 2.05) is 24.3 Å². The zero-order chi connectivity index (χ0) is 8.97. The highest BCUT2D eigenvalue weighted by Gasteiger charge is 2.04. The number of carboxylic acid groups (broad SMARTS) is 1. The van der Waals surface area contributed by atoms with Crippen molar-refractivity contribution in [1.29, 1.82) is 0 Å². The monoisotopic (exact) mass is 181 g/mol. The Balaban J connectivity index is 2.89. The Hall–Kier alpha value is -0.960. The highest BCUT2D eigenvalue weighted by Crippen LogP contribution is 2.21. The Kier molecular flexibility index (Phi) is 3.17. The number of carboxylic acids is 1. The first-order chi connectivity index (χ1) is 5.74. The Labute approximate surface area is 75.6 Å². The lowest BCUT2D eigenvalue weighted by Gasteiger charge is -2.02. The van der Waals surface area contributed by atoms with Gasteiger partial charge in [-0.3, -0.25) is 4.79 Å². The molecular formula is C9H9O2S. The molecule has 1 N–H and O–H groups in total. The van der Waals surface area contributed by atoms with Crippen molar-refractivity contribution in [1.82, 2.24) is 0 Å². The van der Waals surface area contributed by atoms with Crippen LogP contribution in [0.4, 0.5) is 0 Å². The minimum absolute atomic E-state index is 0.0681. The van der Waals surface area contributed by atoms with Crippen LogP contribution in [-0.2, 0) is 11.2 Å². The molecule has 0 aliphatic carbocycles. The van der Waals surface area contributed by atoms with Gasteiger partial charge in [0.05, 0.1) is 6.42 Å². The predicted molar refractivity (Wildman–Crippen MR) is 49.0 cm³/mol. The van der Waals surface area contributed by atoms with Crippen LogP contribution in [0.15, 0.2) is 29.2 Å². The van der Waals surface area contributed by atoms with E-state index in [1.165, 1.54) is 11.8 Å². The molecule has 63 valence electrons. The molecule has 0 aliphatic heterocycles. The molecule has 0 saturated heterocycles. The largest absolute Gasteiger partial charge is 0.481 e. The van der Waals surface area contributed by atoms with Gasteiger partial charge in [0.2, 0.25) is 0 Å². The third kappa shape index (κ3) is 2.27. The molecule has 0 heterocycles. The third-order valence-electron chi connectivity index (χ3n) is 1.47. The van der Waals surface area contributed by atoms with Crippen LogP contribution in [-0.4, -0.2) is 11.1 Å². The van der Waals surface area contributed by atoms with Crippen LogP contribution in [0.3, 0.4) is 0 Å². The van der Waals surface area contributed by atoms with Gasteiger partial charge < -0.3 is 5.11 Å². The van der Waals surface area contributed by atoms with Crippen LogP contribution in [0.5, 0.6) is 0 Å². The van der Waals surface area contributed by atoms with Gasteiger partial charge in [-0.15, -0.1) is 11.8 Å².